The van der Waals surface area contributed by atoms with Crippen molar-refractivity contribution in [2.45, 2.75) is 19.9 Å². The lowest BCUT2D eigenvalue weighted by atomic mass is 10.0. The Balaban J connectivity index is 2.13. The molecule has 0 atom stereocenters. The molecule has 20 heavy (non-hydrogen) atoms. The Morgan fingerprint density at radius 1 is 1.05 bits per heavy atom. The third-order valence-corrected chi connectivity index (χ3v) is 3.25. The maximum atomic E-state index is 5.92. The zero-order chi connectivity index (χ0) is 14.2. The highest BCUT2D eigenvalue weighted by Crippen LogP contribution is 2.28. The van der Waals surface area contributed by atoms with E-state index in [1.165, 1.54) is 16.3 Å². The van der Waals surface area contributed by atoms with Gasteiger partial charge in [-0.05, 0) is 30.8 Å². The van der Waals surface area contributed by atoms with Gasteiger partial charge in [0.2, 0.25) is 0 Å². The molecular weight excluding hydrogens is 250 g/mol. The van der Waals surface area contributed by atoms with E-state index in [9.17, 15) is 0 Å². The van der Waals surface area contributed by atoms with Gasteiger partial charge >= 0.3 is 0 Å². The smallest absolute Gasteiger partial charge is 0.124 e. The van der Waals surface area contributed by atoms with Crippen LogP contribution in [0.5, 0.6) is 5.75 Å². The summed E-state index contributed by atoms with van der Waals surface area (Å²) in [5, 5.41) is 5.73. The van der Waals surface area contributed by atoms with Crippen LogP contribution in [0, 0.1) is 0 Å². The van der Waals surface area contributed by atoms with E-state index >= 15 is 0 Å². The van der Waals surface area contributed by atoms with Gasteiger partial charge < -0.3 is 14.8 Å². The summed E-state index contributed by atoms with van der Waals surface area (Å²) in [7, 11) is 1.96. The Morgan fingerprint density at radius 2 is 1.90 bits per heavy atom. The molecule has 2 aromatic carbocycles. The fraction of sp³-hybridized carbons (Fsp3) is 0.412. The second-order valence-corrected chi connectivity index (χ2v) is 4.69. The predicted molar refractivity (Wildman–Crippen MR) is 83.3 cm³/mol. The van der Waals surface area contributed by atoms with Gasteiger partial charge in [-0.25, -0.2) is 0 Å². The normalized spacial score (nSPS) is 10.9. The van der Waals surface area contributed by atoms with Crippen molar-refractivity contribution >= 4 is 10.8 Å². The van der Waals surface area contributed by atoms with Crippen molar-refractivity contribution in [3.8, 4) is 5.75 Å². The molecule has 0 spiro atoms. The maximum Gasteiger partial charge on any atom is 0.124 e. The summed E-state index contributed by atoms with van der Waals surface area (Å²) in [6.07, 6.45) is 0.916. The minimum atomic E-state index is 0.690. The number of nitrogens with one attached hydrogen (secondary N) is 1. The van der Waals surface area contributed by atoms with Crippen LogP contribution in [-0.2, 0) is 11.3 Å². The molecule has 0 fully saturated rings. The Bertz CT molecular complexity index is 540. The lowest BCUT2D eigenvalue weighted by molar-refractivity contribution is 0.130. The van der Waals surface area contributed by atoms with Crippen molar-refractivity contribution in [1.29, 1.82) is 0 Å². The summed E-state index contributed by atoms with van der Waals surface area (Å²) in [4.78, 5) is 0. The van der Waals surface area contributed by atoms with Crippen molar-refractivity contribution in [3.05, 3.63) is 42.0 Å². The first kappa shape index (κ1) is 14.8. The predicted octanol–water partition coefficient (Wildman–Crippen LogP) is 3.36. The SMILES string of the molecule is CCOCCCOc1ccc2ccccc2c1CNC. The van der Waals surface area contributed by atoms with Crippen LogP contribution in [0.15, 0.2) is 36.4 Å². The third kappa shape index (κ3) is 3.71. The van der Waals surface area contributed by atoms with Crippen molar-refractivity contribution in [2.75, 3.05) is 26.9 Å². The molecule has 1 N–H and O–H groups in total. The van der Waals surface area contributed by atoms with Crippen molar-refractivity contribution in [3.63, 3.8) is 0 Å². The zero-order valence-electron chi connectivity index (χ0n) is 12.3. The van der Waals surface area contributed by atoms with E-state index in [1.54, 1.807) is 0 Å². The monoisotopic (exact) mass is 273 g/mol. The quantitative estimate of drug-likeness (QED) is 0.748. The molecule has 3 heteroatoms. The molecule has 0 unspecified atom stereocenters. The first-order chi connectivity index (χ1) is 9.86. The molecule has 0 heterocycles. The van der Waals surface area contributed by atoms with Crippen LogP contribution in [0.25, 0.3) is 10.8 Å². The standard InChI is InChI=1S/C17H23NO2/c1-3-19-11-6-12-20-17-10-9-14-7-4-5-8-15(14)16(17)13-18-2/h4-5,7-10,18H,3,6,11-13H2,1-2H3. The highest BCUT2D eigenvalue weighted by atomic mass is 16.5. The maximum absolute atomic E-state index is 5.92. The summed E-state index contributed by atoms with van der Waals surface area (Å²) in [5.74, 6) is 0.967. The molecule has 2 rings (SSSR count). The number of benzene rings is 2. The number of ether oxygens (including phenoxy) is 2. The number of hydrogen-bond donors (Lipinski definition) is 1. The van der Waals surface area contributed by atoms with E-state index in [0.29, 0.717) is 6.61 Å². The zero-order valence-corrected chi connectivity index (χ0v) is 12.3. The topological polar surface area (TPSA) is 30.5 Å². The van der Waals surface area contributed by atoms with Crippen molar-refractivity contribution in [1.82, 2.24) is 5.32 Å². The molecule has 0 saturated carbocycles. The number of fused-ring (bicyclic) bond motifs is 1. The summed E-state index contributed by atoms with van der Waals surface area (Å²) in [6.45, 7) is 5.03. The molecule has 0 aromatic heterocycles. The average molecular weight is 273 g/mol. The largest absolute Gasteiger partial charge is 0.493 e. The van der Waals surface area contributed by atoms with Crippen LogP contribution < -0.4 is 10.1 Å². The first-order valence-electron chi connectivity index (χ1n) is 7.22. The van der Waals surface area contributed by atoms with Gasteiger partial charge in [-0.3, -0.25) is 0 Å². The molecule has 108 valence electrons. The first-order valence-corrected chi connectivity index (χ1v) is 7.22. The van der Waals surface area contributed by atoms with Crippen LogP contribution in [0.3, 0.4) is 0 Å². The number of hydrogen-bond acceptors (Lipinski definition) is 3. The summed E-state index contributed by atoms with van der Waals surface area (Å²) >= 11 is 0. The third-order valence-electron chi connectivity index (χ3n) is 3.25. The molecule has 0 radical (unpaired) electrons. The summed E-state index contributed by atoms with van der Waals surface area (Å²) in [6, 6.07) is 12.6. The highest BCUT2D eigenvalue weighted by Gasteiger charge is 2.07. The van der Waals surface area contributed by atoms with Gasteiger partial charge in [0.05, 0.1) is 6.61 Å². The van der Waals surface area contributed by atoms with Gasteiger partial charge in [0.1, 0.15) is 5.75 Å². The van der Waals surface area contributed by atoms with Crippen LogP contribution >= 0.6 is 0 Å². The minimum absolute atomic E-state index is 0.690. The van der Waals surface area contributed by atoms with Crippen LogP contribution in [0.4, 0.5) is 0 Å². The van der Waals surface area contributed by atoms with Crippen LogP contribution in [0.2, 0.25) is 0 Å². The Hall–Kier alpha value is -1.58. The van der Waals surface area contributed by atoms with Crippen LogP contribution in [-0.4, -0.2) is 26.9 Å². The Labute approximate surface area is 120 Å². The minimum Gasteiger partial charge on any atom is -0.493 e. The average Bonchev–Trinajstić information content (AvgIpc) is 2.49. The lowest BCUT2D eigenvalue weighted by Crippen LogP contribution is -2.09. The van der Waals surface area contributed by atoms with Gasteiger partial charge in [-0.1, -0.05) is 30.3 Å². The Kier molecular flexibility index (Phi) is 5.84. The number of rotatable bonds is 8. The van der Waals surface area contributed by atoms with Crippen LogP contribution in [0.1, 0.15) is 18.9 Å². The summed E-state index contributed by atoms with van der Waals surface area (Å²) < 4.78 is 11.3. The van der Waals surface area contributed by atoms with E-state index in [4.69, 9.17) is 9.47 Å². The van der Waals surface area contributed by atoms with E-state index in [-0.39, 0.29) is 0 Å². The highest BCUT2D eigenvalue weighted by molar-refractivity contribution is 5.87. The molecule has 0 aliphatic rings. The fourth-order valence-electron chi connectivity index (χ4n) is 2.30. The van der Waals surface area contributed by atoms with E-state index in [1.807, 2.05) is 14.0 Å². The van der Waals surface area contributed by atoms with Gasteiger partial charge in [-0.2, -0.15) is 0 Å². The van der Waals surface area contributed by atoms with Gasteiger partial charge in [0.25, 0.3) is 0 Å². The molecular formula is C17H23NO2. The van der Waals surface area contributed by atoms with E-state index in [2.05, 4.69) is 41.7 Å². The summed E-state index contributed by atoms with van der Waals surface area (Å²) in [5.41, 5.74) is 1.22. The fourth-order valence-corrected chi connectivity index (χ4v) is 2.30. The van der Waals surface area contributed by atoms with Gasteiger partial charge in [0, 0.05) is 31.7 Å². The molecule has 0 aliphatic carbocycles. The molecule has 0 aliphatic heterocycles. The molecule has 3 nitrogen and oxygen atoms in total. The molecule has 0 saturated heterocycles. The van der Waals surface area contributed by atoms with E-state index < -0.39 is 0 Å². The van der Waals surface area contributed by atoms with Crippen molar-refractivity contribution in [2.24, 2.45) is 0 Å². The second kappa shape index (κ2) is 7.88. The Morgan fingerprint density at radius 3 is 2.70 bits per heavy atom. The second-order valence-electron chi connectivity index (χ2n) is 4.69. The van der Waals surface area contributed by atoms with Gasteiger partial charge in [0.15, 0.2) is 0 Å². The van der Waals surface area contributed by atoms with Gasteiger partial charge in [-0.15, -0.1) is 0 Å². The molecule has 0 amide bonds. The lowest BCUT2D eigenvalue weighted by Gasteiger charge is -2.14. The molecule has 2 aromatic rings. The van der Waals surface area contributed by atoms with E-state index in [0.717, 1.165) is 31.9 Å². The molecule has 0 bridgehead atoms. The van der Waals surface area contributed by atoms with Crippen molar-refractivity contribution < 1.29 is 9.47 Å².